The molecular weight excluding hydrogens is 663 g/mol. The van der Waals surface area contributed by atoms with Crippen molar-refractivity contribution in [1.29, 1.82) is 0 Å². The molecule has 2 aromatic rings. The Morgan fingerprint density at radius 2 is 1.08 bits per heavy atom. The van der Waals surface area contributed by atoms with Crippen molar-refractivity contribution in [3.63, 3.8) is 0 Å². The Kier molecular flexibility index (Phi) is 8.19. The molecule has 0 bridgehead atoms. The summed E-state index contributed by atoms with van der Waals surface area (Å²) >= 11 is 0. The molecule has 208 valence electrons. The number of hydrogen-bond donors (Lipinski definition) is 0. The number of aromatic nitrogens is 6. The average Bonchev–Trinajstić information content (AvgIpc) is 3.49. The van der Waals surface area contributed by atoms with Crippen LogP contribution in [-0.2, 0) is 57.8 Å². The van der Waals surface area contributed by atoms with E-state index in [0.717, 1.165) is 48.4 Å². The molecule has 0 spiro atoms. The predicted octanol–water partition coefficient (Wildman–Crippen LogP) is 6.39. The first-order valence-electron chi connectivity index (χ1n) is 13.6. The number of aryl methyl sites for hydroxylation is 4. The summed E-state index contributed by atoms with van der Waals surface area (Å²) in [6, 6.07) is 11.0. The van der Waals surface area contributed by atoms with Crippen LogP contribution in [0.4, 0.5) is 0 Å². The number of pyridine rings is 2. The van der Waals surface area contributed by atoms with Gasteiger partial charge in [-0.15, -0.1) is 23.5 Å². The number of hydrogen-bond acceptors (Lipinski definition) is 2. The largest absolute Gasteiger partial charge is 4.00 e. The Bertz CT molecular complexity index is 1370. The molecule has 0 radical (unpaired) electrons. The smallest absolute Gasteiger partial charge is 0.452 e. The minimum atomic E-state index is 0. The molecule has 0 amide bonds. The molecule has 3 aliphatic rings. The van der Waals surface area contributed by atoms with Gasteiger partial charge in [0, 0.05) is 13.1 Å². The molecule has 5 heterocycles. The first kappa shape index (κ1) is 29.1. The first-order chi connectivity index (χ1) is 17.9. The Morgan fingerprint density at radius 1 is 0.692 bits per heavy atom. The third kappa shape index (κ3) is 6.17. The summed E-state index contributed by atoms with van der Waals surface area (Å²) in [7, 11) is 0. The zero-order valence-electron chi connectivity index (χ0n) is 24.4. The van der Waals surface area contributed by atoms with Gasteiger partial charge >= 0.3 is 21.1 Å². The quantitative estimate of drug-likeness (QED) is 0.193. The second-order valence-electron chi connectivity index (χ2n) is 12.6. The topological polar surface area (TPSA) is 45.5 Å². The monoisotopic (exact) mass is 703 g/mol. The van der Waals surface area contributed by atoms with Gasteiger partial charge in [0.25, 0.3) is 0 Å². The van der Waals surface area contributed by atoms with Crippen LogP contribution < -0.4 is 0 Å². The van der Waals surface area contributed by atoms with Crippen molar-refractivity contribution in [3.05, 3.63) is 95.3 Å². The summed E-state index contributed by atoms with van der Waals surface area (Å²) < 4.78 is 9.05. The molecule has 0 atom stereocenters. The Morgan fingerprint density at radius 3 is 1.38 bits per heavy atom. The maximum absolute atomic E-state index is 4.67. The van der Waals surface area contributed by atoms with Gasteiger partial charge in [-0.05, 0) is 36.3 Å². The summed E-state index contributed by atoms with van der Waals surface area (Å²) in [5.41, 5.74) is 9.58. The molecule has 0 aromatic carbocycles. The van der Waals surface area contributed by atoms with Crippen LogP contribution in [0.1, 0.15) is 75.2 Å². The maximum atomic E-state index is 4.67. The van der Waals surface area contributed by atoms with E-state index in [-0.39, 0.29) is 31.9 Å². The summed E-state index contributed by atoms with van der Waals surface area (Å²) in [6.45, 7) is 19.3. The van der Waals surface area contributed by atoms with Gasteiger partial charge in [-0.2, -0.15) is 24.3 Å². The molecule has 5 rings (SSSR count). The number of imidazole rings is 2. The van der Waals surface area contributed by atoms with Crippen LogP contribution in [0, 0.1) is 26.0 Å². The van der Waals surface area contributed by atoms with Crippen molar-refractivity contribution in [3.8, 4) is 11.4 Å². The molecule has 7 heteroatoms. The number of nitrogens with zero attached hydrogens (tertiary/aromatic N) is 6. The Labute approximate surface area is 247 Å². The van der Waals surface area contributed by atoms with Crippen LogP contribution in [0.25, 0.3) is 11.4 Å². The van der Waals surface area contributed by atoms with E-state index in [2.05, 4.69) is 121 Å². The molecule has 6 nitrogen and oxygen atoms in total. The van der Waals surface area contributed by atoms with Crippen molar-refractivity contribution < 1.29 is 21.1 Å². The molecule has 0 aliphatic carbocycles. The molecule has 39 heavy (non-hydrogen) atoms. The normalized spacial score (nSPS) is 12.3. The van der Waals surface area contributed by atoms with Crippen molar-refractivity contribution in [2.75, 3.05) is 0 Å². The van der Waals surface area contributed by atoms with Gasteiger partial charge in [-0.3, -0.25) is 0 Å². The molecule has 0 saturated heterocycles. The maximum Gasteiger partial charge on any atom is 4.00 e. The van der Waals surface area contributed by atoms with Crippen molar-refractivity contribution in [1.82, 2.24) is 28.5 Å². The van der Waals surface area contributed by atoms with Gasteiger partial charge < -0.3 is 28.5 Å². The molecule has 3 aliphatic heterocycles. The van der Waals surface area contributed by atoms with Crippen LogP contribution in [0.15, 0.2) is 49.6 Å². The second kappa shape index (κ2) is 11.0. The summed E-state index contributed by atoms with van der Waals surface area (Å²) in [4.78, 5) is 9.34. The fourth-order valence-corrected chi connectivity index (χ4v) is 4.77. The van der Waals surface area contributed by atoms with E-state index in [9.17, 15) is 0 Å². The number of rotatable bonds is 6. The van der Waals surface area contributed by atoms with Crippen LogP contribution in [0.2, 0.25) is 0 Å². The van der Waals surface area contributed by atoms with Gasteiger partial charge in [-0.25, -0.2) is 0 Å². The van der Waals surface area contributed by atoms with E-state index >= 15 is 0 Å². The fraction of sp³-hybridized carbons (Fsp3) is 0.438. The number of fused-ring (bicyclic) bond motifs is 3. The van der Waals surface area contributed by atoms with Gasteiger partial charge in [0.1, 0.15) is 0 Å². The average molecular weight is 704 g/mol. The van der Waals surface area contributed by atoms with Crippen LogP contribution in [-0.4, -0.2) is 28.5 Å². The van der Waals surface area contributed by atoms with Crippen LogP contribution >= 0.6 is 0 Å². The van der Waals surface area contributed by atoms with Gasteiger partial charge in [0.2, 0.25) is 0 Å². The van der Waals surface area contributed by atoms with Gasteiger partial charge in [0.05, 0.1) is 0 Å². The minimum absolute atomic E-state index is 0. The minimum Gasteiger partial charge on any atom is -0.452 e. The van der Waals surface area contributed by atoms with Crippen molar-refractivity contribution >= 4 is 0 Å². The molecule has 0 fully saturated rings. The summed E-state index contributed by atoms with van der Waals surface area (Å²) in [5, 5.41) is 0. The zero-order valence-corrected chi connectivity index (χ0v) is 26.7. The van der Waals surface area contributed by atoms with Crippen LogP contribution in [0.5, 0.6) is 0 Å². The molecule has 2 aromatic heterocycles. The molecule has 0 N–H and O–H groups in total. The molecular formula is C32H40N6Pt. The van der Waals surface area contributed by atoms with Crippen molar-refractivity contribution in [2.45, 2.75) is 92.2 Å². The van der Waals surface area contributed by atoms with E-state index in [0.29, 0.717) is 0 Å². The van der Waals surface area contributed by atoms with E-state index in [4.69, 9.17) is 0 Å². The Balaban J connectivity index is 0.00000353. The fourth-order valence-electron chi connectivity index (χ4n) is 4.77. The predicted molar refractivity (Wildman–Crippen MR) is 153 cm³/mol. The van der Waals surface area contributed by atoms with E-state index in [1.54, 1.807) is 0 Å². The van der Waals surface area contributed by atoms with Gasteiger partial charge in [-0.1, -0.05) is 102 Å². The third-order valence-corrected chi connectivity index (χ3v) is 7.47. The van der Waals surface area contributed by atoms with Crippen LogP contribution in [0.3, 0.4) is 0 Å². The second-order valence-corrected chi connectivity index (χ2v) is 12.6. The van der Waals surface area contributed by atoms with Crippen molar-refractivity contribution in [2.24, 2.45) is 0 Å². The van der Waals surface area contributed by atoms with E-state index in [1.807, 2.05) is 24.5 Å². The SMILES string of the molecule is Cc1c2cn(CCc3[c-]cc(C(C)(C)C)nc3)[cH-]n-2n2[cH-]n(CCc3[c-]cc(C(C)(C)C)nc3)cc-2c1C.[Pt+4]. The first-order valence-corrected chi connectivity index (χ1v) is 13.6. The molecule has 0 saturated carbocycles. The van der Waals surface area contributed by atoms with Gasteiger partial charge in [0.15, 0.2) is 0 Å². The molecule has 0 unspecified atom stereocenters. The zero-order chi connectivity index (χ0) is 27.2. The Hall–Kier alpha value is -2.85. The standard InChI is InChI=1S/C32H40N6.Pt/c1-23-24(2)28-20-36(16-14-26-10-12-30(34-18-26)32(6,7)8)22-38(28)37-21-35(19-27(23)37)15-13-25-9-11-29(33-17-25)31(3,4)5;/h11-12,17-22H,13-16H2,1-8H3;/q-4;+4. The third-order valence-electron chi connectivity index (χ3n) is 7.47. The van der Waals surface area contributed by atoms with E-state index in [1.165, 1.54) is 22.5 Å². The van der Waals surface area contributed by atoms with E-state index < -0.39 is 0 Å². The summed E-state index contributed by atoms with van der Waals surface area (Å²) in [6.07, 6.45) is 14.6. The summed E-state index contributed by atoms with van der Waals surface area (Å²) in [5.74, 6) is 0.